The van der Waals surface area contributed by atoms with Crippen LogP contribution in [0.4, 0.5) is 31.5 Å². The molecule has 0 unspecified atom stereocenters. The number of rotatable bonds is 10. The second kappa shape index (κ2) is 14.0. The van der Waals surface area contributed by atoms with E-state index in [9.17, 15) is 36.6 Å². The van der Waals surface area contributed by atoms with Crippen molar-refractivity contribution in [2.24, 2.45) is 10.4 Å². The van der Waals surface area contributed by atoms with Crippen molar-refractivity contribution in [1.29, 1.82) is 0 Å². The van der Waals surface area contributed by atoms with Crippen molar-refractivity contribution in [3.05, 3.63) is 71.0 Å². The highest BCUT2D eigenvalue weighted by atomic mass is 35.5. The average Bonchev–Trinajstić information content (AvgIpc) is 3.40. The summed E-state index contributed by atoms with van der Waals surface area (Å²) in [5, 5.41) is 32.1. The lowest BCUT2D eigenvalue weighted by molar-refractivity contribution is -0.164. The Kier molecular flexibility index (Phi) is 9.84. The summed E-state index contributed by atoms with van der Waals surface area (Å²) in [6.07, 6.45) is -6.14. The molecule has 3 heterocycles. The minimum Gasteiger partial charge on any atom is -0.463 e. The van der Waals surface area contributed by atoms with Crippen LogP contribution in [0.15, 0.2) is 59.9 Å². The zero-order valence-corrected chi connectivity index (χ0v) is 29.4. The van der Waals surface area contributed by atoms with E-state index >= 15 is 4.79 Å². The first-order chi connectivity index (χ1) is 25.3. The van der Waals surface area contributed by atoms with Gasteiger partial charge in [-0.05, 0) is 63.9 Å². The summed E-state index contributed by atoms with van der Waals surface area (Å²) >= 11 is 6.45. The van der Waals surface area contributed by atoms with Crippen molar-refractivity contribution < 1.29 is 46.2 Å². The Morgan fingerprint density at radius 3 is 2.37 bits per heavy atom. The Balaban J connectivity index is 1.44. The maximum Gasteiger partial charge on any atom is 0.434 e. The number of nitrogens with zero attached hydrogens (tertiary/aromatic N) is 7. The molecule has 2 aliphatic rings. The minimum absolute atomic E-state index is 0.0361. The van der Waals surface area contributed by atoms with Crippen LogP contribution in [0.1, 0.15) is 63.8 Å². The summed E-state index contributed by atoms with van der Waals surface area (Å²) in [4.78, 5) is 44.8. The summed E-state index contributed by atoms with van der Waals surface area (Å²) in [5.41, 5.74) is -3.22. The molecule has 4 aromatic rings. The summed E-state index contributed by atoms with van der Waals surface area (Å²) in [6, 6.07) is 9.18. The lowest BCUT2D eigenvalue weighted by Gasteiger charge is -2.35. The van der Waals surface area contributed by atoms with Gasteiger partial charge in [0.15, 0.2) is 5.82 Å². The molecular formula is C33H32ClF5N10O5. The van der Waals surface area contributed by atoms with Gasteiger partial charge in [-0.1, -0.05) is 62.7 Å². The van der Waals surface area contributed by atoms with E-state index in [1.165, 1.54) is 24.4 Å². The molecule has 1 aliphatic carbocycles. The van der Waals surface area contributed by atoms with E-state index in [-0.39, 0.29) is 41.2 Å². The van der Waals surface area contributed by atoms with Gasteiger partial charge in [-0.25, -0.2) is 19.4 Å². The van der Waals surface area contributed by atoms with Crippen LogP contribution in [-0.4, -0.2) is 82.8 Å². The van der Waals surface area contributed by atoms with Crippen molar-refractivity contribution >= 4 is 35.7 Å². The number of benzene rings is 2. The smallest absolute Gasteiger partial charge is 0.434 e. The number of carbonyl (C=O) groups excluding carboxylic acids is 2. The third-order valence-electron chi connectivity index (χ3n) is 8.94. The van der Waals surface area contributed by atoms with Crippen LogP contribution >= 0.6 is 11.6 Å². The van der Waals surface area contributed by atoms with Crippen LogP contribution in [0.2, 0.25) is 5.02 Å². The number of aromatic nitrogens is 6. The number of amides is 3. The molecule has 0 bridgehead atoms. The number of alkyl carbamates (subject to hydrolysis) is 1. The van der Waals surface area contributed by atoms with Gasteiger partial charge in [0.25, 0.3) is 5.91 Å². The maximum absolute atomic E-state index is 15.1. The lowest BCUT2D eigenvalue weighted by Crippen LogP contribution is -2.49. The SMILES string of the molecule is CC(C)(C)C[C@]1(c2ccc(-c3cnn(C(F)F)c3)cc2)N/C(=N\C(=O)O)N([C@H](COC(=O)NC2(C(F)(F)F)CC2)c2ccc(Cl)c(-c3nnn[nH]3)c2)C1=O. The van der Waals surface area contributed by atoms with Crippen LogP contribution in [0.3, 0.4) is 0 Å². The Morgan fingerprint density at radius 2 is 1.81 bits per heavy atom. The van der Waals surface area contributed by atoms with Gasteiger partial charge in [0.2, 0.25) is 5.96 Å². The lowest BCUT2D eigenvalue weighted by atomic mass is 9.75. The van der Waals surface area contributed by atoms with Crippen molar-refractivity contribution in [2.45, 2.75) is 69.9 Å². The molecule has 3 amide bonds. The molecule has 54 heavy (non-hydrogen) atoms. The van der Waals surface area contributed by atoms with Crippen LogP contribution in [0, 0.1) is 5.41 Å². The number of tetrazole rings is 1. The summed E-state index contributed by atoms with van der Waals surface area (Å²) in [7, 11) is 0. The zero-order valence-electron chi connectivity index (χ0n) is 28.7. The topological polar surface area (TPSA) is 193 Å². The van der Waals surface area contributed by atoms with Gasteiger partial charge in [-0.15, -0.1) is 10.1 Å². The molecule has 4 N–H and O–H groups in total. The van der Waals surface area contributed by atoms with Crippen molar-refractivity contribution in [1.82, 2.24) is 45.9 Å². The number of halogens is 6. The highest BCUT2D eigenvalue weighted by molar-refractivity contribution is 6.33. The van der Waals surface area contributed by atoms with E-state index in [4.69, 9.17) is 16.3 Å². The first-order valence-electron chi connectivity index (χ1n) is 16.2. The number of hydrogen-bond acceptors (Lipinski definition) is 8. The molecule has 6 rings (SSSR count). The number of hydrogen-bond donors (Lipinski definition) is 4. The number of carboxylic acid groups (broad SMARTS) is 1. The van der Waals surface area contributed by atoms with Gasteiger partial charge >= 0.3 is 24.9 Å². The monoisotopic (exact) mass is 778 g/mol. The van der Waals surface area contributed by atoms with Crippen molar-refractivity contribution in [2.75, 3.05) is 6.61 Å². The Labute approximate surface area is 307 Å². The number of H-pyrrole nitrogens is 1. The van der Waals surface area contributed by atoms with E-state index in [0.29, 0.717) is 21.4 Å². The standard InChI is InChI=1S/C33H32ClF5N10O5/c1-30(2,3)16-32(20-7-4-17(5-8-20)19-13-40-48(14-19)26(35)36)25(50)49(27(42-32)41-28(51)52)23(15-54-29(53)43-31(10-11-31)33(37,38)39)18-6-9-22(34)21(12-18)24-44-46-47-45-24/h4-9,12-14,23,26H,10-11,15-16H2,1-3H3,(H,41,42)(H,43,53)(H,51,52)(H,44,45,46,47)/t23-,32-/m1/s1. The van der Waals surface area contributed by atoms with Gasteiger partial charge in [-0.3, -0.25) is 9.69 Å². The Bertz CT molecular complexity index is 2080. The molecule has 15 nitrogen and oxygen atoms in total. The summed E-state index contributed by atoms with van der Waals surface area (Å²) in [5.74, 6) is -1.12. The molecule has 0 radical (unpaired) electrons. The normalized spacial score (nSPS) is 19.6. The fraction of sp³-hybridized carbons (Fsp3) is 0.394. The van der Waals surface area contributed by atoms with Crippen LogP contribution in [-0.2, 0) is 15.1 Å². The molecule has 1 saturated carbocycles. The molecule has 286 valence electrons. The zero-order chi connectivity index (χ0) is 39.2. The second-order valence-electron chi connectivity index (χ2n) is 14.0. The molecule has 2 aromatic heterocycles. The predicted molar refractivity (Wildman–Crippen MR) is 180 cm³/mol. The first-order valence-corrected chi connectivity index (χ1v) is 16.6. The summed E-state index contributed by atoms with van der Waals surface area (Å²) < 4.78 is 73.3. The van der Waals surface area contributed by atoms with Crippen molar-refractivity contribution in [3.63, 3.8) is 0 Å². The fourth-order valence-electron chi connectivity index (χ4n) is 6.34. The van der Waals surface area contributed by atoms with E-state index in [0.717, 1.165) is 11.1 Å². The fourth-order valence-corrected chi connectivity index (χ4v) is 6.54. The summed E-state index contributed by atoms with van der Waals surface area (Å²) in [6.45, 7) is 1.87. The van der Waals surface area contributed by atoms with Gasteiger partial charge in [0.05, 0.1) is 17.3 Å². The molecule has 2 atom stereocenters. The van der Waals surface area contributed by atoms with Crippen LogP contribution in [0.25, 0.3) is 22.5 Å². The molecule has 1 aliphatic heterocycles. The van der Waals surface area contributed by atoms with Crippen molar-refractivity contribution in [3.8, 4) is 22.5 Å². The largest absolute Gasteiger partial charge is 0.463 e. The molecule has 2 aromatic carbocycles. The third-order valence-corrected chi connectivity index (χ3v) is 9.27. The minimum atomic E-state index is -4.75. The number of aliphatic imine (C=N–C) groups is 1. The maximum atomic E-state index is 15.1. The molecule has 1 saturated heterocycles. The molecule has 2 fully saturated rings. The van der Waals surface area contributed by atoms with E-state index in [1.807, 2.05) is 26.1 Å². The highest BCUT2D eigenvalue weighted by Gasteiger charge is 2.65. The second-order valence-corrected chi connectivity index (χ2v) is 14.4. The van der Waals surface area contributed by atoms with E-state index in [1.54, 1.807) is 24.3 Å². The molecule has 21 heteroatoms. The Hall–Kier alpha value is -5.66. The number of carbonyl (C=O) groups is 3. The van der Waals surface area contributed by atoms with E-state index < -0.39 is 65.9 Å². The third kappa shape index (κ3) is 7.55. The number of guanidine groups is 1. The van der Waals surface area contributed by atoms with Gasteiger partial charge in [-0.2, -0.15) is 27.1 Å². The van der Waals surface area contributed by atoms with Gasteiger partial charge in [0, 0.05) is 17.3 Å². The van der Waals surface area contributed by atoms with E-state index in [2.05, 4.69) is 36.0 Å². The van der Waals surface area contributed by atoms with Crippen LogP contribution < -0.4 is 10.6 Å². The Morgan fingerprint density at radius 1 is 1.11 bits per heavy atom. The number of alkyl halides is 5. The predicted octanol–water partition coefficient (Wildman–Crippen LogP) is 6.44. The molecule has 0 spiro atoms. The van der Waals surface area contributed by atoms with Crippen LogP contribution in [0.5, 0.6) is 0 Å². The quantitative estimate of drug-likeness (QED) is 0.130. The first kappa shape index (κ1) is 38.1. The number of aromatic amines is 1. The van der Waals surface area contributed by atoms with Gasteiger partial charge < -0.3 is 20.5 Å². The number of ether oxygens (including phenoxy) is 1. The molecular weight excluding hydrogens is 747 g/mol. The highest BCUT2D eigenvalue weighted by Crippen LogP contribution is 2.49. The number of nitrogens with one attached hydrogen (secondary N) is 3. The average molecular weight is 779 g/mol. The van der Waals surface area contributed by atoms with Gasteiger partial charge in [0.1, 0.15) is 17.7 Å².